The highest BCUT2D eigenvalue weighted by molar-refractivity contribution is 6.43. The van der Waals surface area contributed by atoms with Crippen molar-refractivity contribution in [2.24, 2.45) is 7.05 Å². The highest BCUT2D eigenvalue weighted by Crippen LogP contribution is 2.37. The molecule has 3 rings (SSSR count). The maximum atomic E-state index is 11.3. The molecule has 3 nitrogen and oxygen atoms in total. The largest absolute Gasteiger partial charge is 0.477 e. The number of hydrogen-bond donors (Lipinski definition) is 1. The maximum Gasteiger partial charge on any atom is 0.352 e. The van der Waals surface area contributed by atoms with Crippen molar-refractivity contribution >= 4 is 40.1 Å². The molecule has 0 aliphatic rings. The van der Waals surface area contributed by atoms with E-state index in [1.165, 1.54) is 0 Å². The average Bonchev–Trinajstić information content (AvgIpc) is 2.80. The van der Waals surface area contributed by atoms with Gasteiger partial charge in [-0.1, -0.05) is 53.5 Å². The molecule has 3 aromatic rings. The van der Waals surface area contributed by atoms with E-state index in [-0.39, 0.29) is 5.69 Å². The van der Waals surface area contributed by atoms with Crippen molar-refractivity contribution in [3.8, 4) is 11.1 Å². The second-order valence-corrected chi connectivity index (χ2v) is 5.52. The number of rotatable bonds is 2. The number of para-hydroxylation sites is 1. The quantitative estimate of drug-likeness (QED) is 0.733. The predicted octanol–water partition coefficient (Wildman–Crippen LogP) is 4.85. The number of carboxylic acid groups (broad SMARTS) is 1. The molecule has 0 aliphatic carbocycles. The van der Waals surface area contributed by atoms with Crippen molar-refractivity contribution in [1.82, 2.24) is 4.57 Å². The minimum atomic E-state index is -0.961. The summed E-state index contributed by atoms with van der Waals surface area (Å²) in [5, 5.41) is 11.0. The number of aryl methyl sites for hydroxylation is 1. The monoisotopic (exact) mass is 319 g/mol. The molecule has 0 bridgehead atoms. The van der Waals surface area contributed by atoms with E-state index >= 15 is 0 Å². The first-order valence-corrected chi connectivity index (χ1v) is 7.02. The Morgan fingerprint density at radius 2 is 1.76 bits per heavy atom. The highest BCUT2D eigenvalue weighted by Gasteiger charge is 2.17. The maximum absolute atomic E-state index is 11.3. The Kier molecular flexibility index (Phi) is 3.40. The number of carbonyl (C=O) groups is 1. The van der Waals surface area contributed by atoms with Gasteiger partial charge in [0.05, 0.1) is 15.6 Å². The van der Waals surface area contributed by atoms with Gasteiger partial charge in [0.15, 0.2) is 0 Å². The number of benzene rings is 2. The zero-order valence-electron chi connectivity index (χ0n) is 11.1. The molecule has 0 saturated heterocycles. The number of nitrogens with zero attached hydrogens (tertiary/aromatic N) is 1. The molecule has 0 amide bonds. The lowest BCUT2D eigenvalue weighted by Crippen LogP contribution is -2.04. The molecule has 2 aromatic carbocycles. The second kappa shape index (κ2) is 5.10. The van der Waals surface area contributed by atoms with E-state index in [0.717, 1.165) is 22.0 Å². The molecule has 0 unspecified atom stereocenters. The molecule has 106 valence electrons. The lowest BCUT2D eigenvalue weighted by atomic mass is 10.0. The lowest BCUT2D eigenvalue weighted by Gasteiger charge is -2.10. The van der Waals surface area contributed by atoms with Crippen molar-refractivity contribution in [1.29, 1.82) is 0 Å². The topological polar surface area (TPSA) is 42.2 Å². The fraction of sp³-hybridized carbons (Fsp3) is 0.0625. The van der Waals surface area contributed by atoms with Gasteiger partial charge in [-0.15, -0.1) is 0 Å². The van der Waals surface area contributed by atoms with E-state index < -0.39 is 5.97 Å². The van der Waals surface area contributed by atoms with E-state index in [4.69, 9.17) is 23.2 Å². The Morgan fingerprint density at radius 1 is 1.10 bits per heavy atom. The van der Waals surface area contributed by atoms with Crippen molar-refractivity contribution in [3.63, 3.8) is 0 Å². The van der Waals surface area contributed by atoms with Crippen LogP contribution in [0.3, 0.4) is 0 Å². The van der Waals surface area contributed by atoms with Crippen molar-refractivity contribution in [2.45, 2.75) is 0 Å². The fourth-order valence-corrected chi connectivity index (χ4v) is 2.95. The van der Waals surface area contributed by atoms with Crippen molar-refractivity contribution in [2.75, 3.05) is 0 Å². The Balaban J connectivity index is 2.38. The smallest absolute Gasteiger partial charge is 0.352 e. The number of carboxylic acids is 1. The van der Waals surface area contributed by atoms with Crippen LogP contribution < -0.4 is 0 Å². The molecule has 0 aliphatic heterocycles. The van der Waals surface area contributed by atoms with E-state index in [9.17, 15) is 9.90 Å². The Morgan fingerprint density at radius 3 is 2.48 bits per heavy atom. The van der Waals surface area contributed by atoms with Crippen LogP contribution in [0.1, 0.15) is 10.5 Å². The minimum absolute atomic E-state index is 0.232. The van der Waals surface area contributed by atoms with E-state index in [0.29, 0.717) is 10.0 Å². The summed E-state index contributed by atoms with van der Waals surface area (Å²) in [5.41, 5.74) is 2.69. The predicted molar refractivity (Wildman–Crippen MR) is 85.3 cm³/mol. The van der Waals surface area contributed by atoms with Crippen LogP contribution in [0, 0.1) is 0 Å². The van der Waals surface area contributed by atoms with E-state index in [2.05, 4.69) is 0 Å². The molecule has 0 spiro atoms. The van der Waals surface area contributed by atoms with Gasteiger partial charge in [0, 0.05) is 23.6 Å². The van der Waals surface area contributed by atoms with Gasteiger partial charge in [0.1, 0.15) is 5.69 Å². The van der Waals surface area contributed by atoms with Gasteiger partial charge < -0.3 is 9.67 Å². The normalized spacial score (nSPS) is 11.0. The summed E-state index contributed by atoms with van der Waals surface area (Å²) in [7, 11) is 1.73. The summed E-state index contributed by atoms with van der Waals surface area (Å²) in [6.07, 6.45) is 0. The van der Waals surface area contributed by atoms with Gasteiger partial charge in [-0.2, -0.15) is 0 Å². The third-order valence-corrected chi connectivity index (χ3v) is 4.34. The molecule has 21 heavy (non-hydrogen) atoms. The van der Waals surface area contributed by atoms with Crippen LogP contribution in [0.4, 0.5) is 0 Å². The number of aromatic nitrogens is 1. The van der Waals surface area contributed by atoms with Gasteiger partial charge >= 0.3 is 5.97 Å². The summed E-state index contributed by atoms with van der Waals surface area (Å²) in [6, 6.07) is 12.7. The molecule has 0 radical (unpaired) electrons. The molecule has 0 atom stereocenters. The summed E-state index contributed by atoms with van der Waals surface area (Å²) >= 11 is 12.4. The van der Waals surface area contributed by atoms with Gasteiger partial charge in [0.2, 0.25) is 0 Å². The summed E-state index contributed by atoms with van der Waals surface area (Å²) in [5.74, 6) is -0.961. The lowest BCUT2D eigenvalue weighted by molar-refractivity contribution is 0.0687. The summed E-state index contributed by atoms with van der Waals surface area (Å²) in [6.45, 7) is 0. The Labute approximate surface area is 131 Å². The van der Waals surface area contributed by atoms with Gasteiger partial charge in [0.25, 0.3) is 0 Å². The number of aromatic carboxylic acids is 1. The average molecular weight is 320 g/mol. The van der Waals surface area contributed by atoms with E-state index in [1.807, 2.05) is 30.3 Å². The van der Waals surface area contributed by atoms with Gasteiger partial charge in [-0.05, 0) is 12.1 Å². The van der Waals surface area contributed by atoms with Crippen LogP contribution in [0.2, 0.25) is 10.0 Å². The van der Waals surface area contributed by atoms with Gasteiger partial charge in [-0.3, -0.25) is 0 Å². The first kappa shape index (κ1) is 14.0. The Hall–Kier alpha value is -1.97. The Bertz CT molecular complexity index is 868. The molecule has 1 N–H and O–H groups in total. The third kappa shape index (κ3) is 2.19. The molecular formula is C16H11Cl2NO2. The number of hydrogen-bond acceptors (Lipinski definition) is 1. The minimum Gasteiger partial charge on any atom is -0.477 e. The number of fused-ring (bicyclic) bond motifs is 1. The molecule has 0 saturated carbocycles. The standard InChI is InChI=1S/C16H11Cl2NO2/c1-19-13(16(20)21)8-9-4-2-6-11(15(9)19)10-5-3-7-12(17)14(10)18/h2-8H,1H3,(H,20,21). The third-order valence-electron chi connectivity index (χ3n) is 3.52. The zero-order chi connectivity index (χ0) is 15.1. The SMILES string of the molecule is Cn1c(C(=O)O)cc2cccc(-c3cccc(Cl)c3Cl)c21. The van der Waals surface area contributed by atoms with Crippen molar-refractivity contribution in [3.05, 3.63) is 58.2 Å². The summed E-state index contributed by atoms with van der Waals surface area (Å²) in [4.78, 5) is 11.3. The van der Waals surface area contributed by atoms with Crippen LogP contribution in [-0.4, -0.2) is 15.6 Å². The van der Waals surface area contributed by atoms with Crippen molar-refractivity contribution < 1.29 is 9.90 Å². The second-order valence-electron chi connectivity index (χ2n) is 4.74. The van der Waals surface area contributed by atoms with E-state index in [1.54, 1.807) is 23.7 Å². The van der Waals surface area contributed by atoms with Crippen LogP contribution in [0.25, 0.3) is 22.0 Å². The van der Waals surface area contributed by atoms with Crippen LogP contribution in [0.5, 0.6) is 0 Å². The highest BCUT2D eigenvalue weighted by atomic mass is 35.5. The number of halogens is 2. The molecular weight excluding hydrogens is 309 g/mol. The van der Waals surface area contributed by atoms with Crippen LogP contribution in [-0.2, 0) is 7.05 Å². The van der Waals surface area contributed by atoms with Crippen LogP contribution >= 0.6 is 23.2 Å². The molecule has 0 fully saturated rings. The van der Waals surface area contributed by atoms with Gasteiger partial charge in [-0.25, -0.2) is 4.79 Å². The molecule has 1 heterocycles. The summed E-state index contributed by atoms with van der Waals surface area (Å²) < 4.78 is 1.66. The first-order chi connectivity index (χ1) is 10.0. The zero-order valence-corrected chi connectivity index (χ0v) is 12.6. The fourth-order valence-electron chi connectivity index (χ4n) is 2.55. The van der Waals surface area contributed by atoms with Crippen LogP contribution in [0.15, 0.2) is 42.5 Å². The molecule has 1 aromatic heterocycles. The first-order valence-electron chi connectivity index (χ1n) is 6.27. The molecule has 5 heteroatoms.